The minimum atomic E-state index is -4.85. The molecule has 3 amide bonds. The van der Waals surface area contributed by atoms with E-state index in [0.717, 1.165) is 50.4 Å². The molecule has 4 rings (SSSR count). The van der Waals surface area contributed by atoms with Crippen molar-refractivity contribution >= 4 is 29.2 Å². The Kier molecular flexibility index (Phi) is 9.21. The third-order valence-corrected chi connectivity index (χ3v) is 6.73. The van der Waals surface area contributed by atoms with Crippen LogP contribution in [-0.4, -0.2) is 42.7 Å². The second-order valence-corrected chi connectivity index (χ2v) is 10.2. The third-order valence-electron chi connectivity index (χ3n) is 6.73. The molecule has 3 N–H and O–H groups in total. The first-order chi connectivity index (χ1) is 19.4. The van der Waals surface area contributed by atoms with E-state index in [2.05, 4.69) is 20.8 Å². The molecule has 1 fully saturated rings. The summed E-state index contributed by atoms with van der Waals surface area (Å²) in [6, 6.07) is 5.99. The van der Waals surface area contributed by atoms with Gasteiger partial charge in [0.2, 0.25) is 11.4 Å². The molecule has 14 heteroatoms. The molecule has 0 radical (unpaired) electrons. The van der Waals surface area contributed by atoms with Gasteiger partial charge in [-0.15, -0.1) is 0 Å². The van der Waals surface area contributed by atoms with E-state index in [1.807, 2.05) is 19.4 Å². The van der Waals surface area contributed by atoms with Crippen molar-refractivity contribution in [3.8, 4) is 0 Å². The molecule has 9 nitrogen and oxygen atoms in total. The molecule has 0 aliphatic heterocycles. The number of carbonyl (C=O) groups excluding carboxylic acids is 2. The second kappa shape index (κ2) is 12.6. The number of rotatable bonds is 8. The van der Waals surface area contributed by atoms with Crippen LogP contribution in [0, 0.1) is 11.7 Å². The normalized spacial score (nSPS) is 18.1. The summed E-state index contributed by atoms with van der Waals surface area (Å²) in [4.78, 5) is 27.0. The average Bonchev–Trinajstić information content (AvgIpc) is 3.36. The molecule has 1 atom stereocenters. The van der Waals surface area contributed by atoms with Crippen LogP contribution in [0.3, 0.4) is 0 Å². The predicted octanol–water partition coefficient (Wildman–Crippen LogP) is 5.71. The Bertz CT molecular complexity index is 1370. The van der Waals surface area contributed by atoms with E-state index in [9.17, 15) is 31.5 Å². The number of hydrogen-bond acceptors (Lipinski definition) is 5. The first-order valence-electron chi connectivity index (χ1n) is 12.9. The molecule has 0 bridgehead atoms. The van der Waals surface area contributed by atoms with Crippen LogP contribution in [0.5, 0.6) is 0 Å². The second-order valence-electron chi connectivity index (χ2n) is 10.2. The van der Waals surface area contributed by atoms with Gasteiger partial charge in [0, 0.05) is 36.3 Å². The molecule has 1 heterocycles. The maximum Gasteiger partial charge on any atom is 0.416 e. The van der Waals surface area contributed by atoms with Gasteiger partial charge in [-0.2, -0.15) is 13.2 Å². The van der Waals surface area contributed by atoms with E-state index in [0.29, 0.717) is 18.1 Å². The van der Waals surface area contributed by atoms with E-state index in [-0.39, 0.29) is 17.6 Å². The van der Waals surface area contributed by atoms with Gasteiger partial charge in [0.15, 0.2) is 6.04 Å². The number of hydrogen-bond donors (Lipinski definition) is 3. The molecule has 1 saturated carbocycles. The summed E-state index contributed by atoms with van der Waals surface area (Å²) in [5.74, 6) is -1.80. The minimum Gasteiger partial charge on any atom is -0.323 e. The molecule has 41 heavy (non-hydrogen) atoms. The molecule has 2 aromatic carbocycles. The zero-order chi connectivity index (χ0) is 29.7. The zero-order valence-electron chi connectivity index (χ0n) is 22.3. The van der Waals surface area contributed by atoms with Crippen LogP contribution < -0.4 is 20.6 Å². The molecular formula is C27H30F5N6O3+. The van der Waals surface area contributed by atoms with Crippen LogP contribution in [0.2, 0.25) is 0 Å². The summed E-state index contributed by atoms with van der Waals surface area (Å²) < 4.78 is 75.8. The first-order valence-corrected chi connectivity index (χ1v) is 12.9. The first kappa shape index (κ1) is 29.9. The molecule has 0 unspecified atom stereocenters. The van der Waals surface area contributed by atoms with Crippen LogP contribution in [0.15, 0.2) is 53.2 Å². The number of amides is 3. The smallest absolute Gasteiger partial charge is 0.323 e. The lowest BCUT2D eigenvalue weighted by Crippen LogP contribution is -2.43. The summed E-state index contributed by atoms with van der Waals surface area (Å²) in [7, 11) is 4.07. The highest BCUT2D eigenvalue weighted by atomic mass is 19.4. The number of alkyl halides is 4. The van der Waals surface area contributed by atoms with Crippen LogP contribution in [-0.2, 0) is 11.0 Å². The lowest BCUT2D eigenvalue weighted by molar-refractivity contribution is -0.787. The highest BCUT2D eigenvalue weighted by Gasteiger charge is 2.33. The molecular weight excluding hydrogens is 551 g/mol. The zero-order valence-corrected chi connectivity index (χ0v) is 22.3. The molecule has 1 aliphatic rings. The van der Waals surface area contributed by atoms with E-state index in [1.165, 1.54) is 18.3 Å². The minimum absolute atomic E-state index is 0.0245. The van der Waals surface area contributed by atoms with E-state index >= 15 is 0 Å². The Labute approximate surface area is 232 Å². The number of urea groups is 1. The molecule has 0 saturated heterocycles. The number of carbonyl (C=O) groups is 2. The Morgan fingerprint density at radius 1 is 1.05 bits per heavy atom. The predicted molar refractivity (Wildman–Crippen MR) is 139 cm³/mol. The van der Waals surface area contributed by atoms with Gasteiger partial charge in [-0.1, -0.05) is 18.2 Å². The average molecular weight is 582 g/mol. The van der Waals surface area contributed by atoms with Gasteiger partial charge >= 0.3 is 18.1 Å². The van der Waals surface area contributed by atoms with Crippen LogP contribution in [0.4, 0.5) is 44.0 Å². The van der Waals surface area contributed by atoms with Crippen molar-refractivity contribution in [3.63, 3.8) is 0 Å². The van der Waals surface area contributed by atoms with Crippen LogP contribution in [0.25, 0.3) is 0 Å². The maximum absolute atomic E-state index is 14.6. The number of nitrogens with zero attached hydrogens (tertiary/aromatic N) is 3. The Morgan fingerprint density at radius 2 is 1.71 bits per heavy atom. The largest absolute Gasteiger partial charge is 0.416 e. The quantitative estimate of drug-likeness (QED) is 0.234. The number of aromatic nitrogens is 2. The van der Waals surface area contributed by atoms with Crippen LogP contribution >= 0.6 is 0 Å². The number of halogens is 5. The topological polar surface area (TPSA) is 103 Å². The molecule has 1 aliphatic carbocycles. The summed E-state index contributed by atoms with van der Waals surface area (Å²) in [6.45, 7) is 1.00. The Morgan fingerprint density at radius 3 is 2.34 bits per heavy atom. The Balaban J connectivity index is 1.41. The monoisotopic (exact) mass is 581 g/mol. The van der Waals surface area contributed by atoms with Gasteiger partial charge in [-0.25, -0.2) is 13.6 Å². The summed E-state index contributed by atoms with van der Waals surface area (Å²) in [6.07, 6.45) is -2.03. The summed E-state index contributed by atoms with van der Waals surface area (Å²) in [5.41, 5.74) is -2.59. The Hall–Kier alpha value is -4.07. The maximum atomic E-state index is 14.6. The molecule has 220 valence electrons. The van der Waals surface area contributed by atoms with E-state index in [4.69, 9.17) is 4.52 Å². The molecule has 3 aromatic rings. The van der Waals surface area contributed by atoms with Crippen molar-refractivity contribution in [3.05, 3.63) is 65.6 Å². The number of anilines is 3. The van der Waals surface area contributed by atoms with Gasteiger partial charge in [0.05, 0.1) is 5.56 Å². The highest BCUT2D eigenvalue weighted by molar-refractivity contribution is 6.00. The van der Waals surface area contributed by atoms with E-state index < -0.39 is 46.9 Å². The van der Waals surface area contributed by atoms with Gasteiger partial charge in [-0.05, 0) is 61.8 Å². The fourth-order valence-corrected chi connectivity index (χ4v) is 4.83. The van der Waals surface area contributed by atoms with Crippen molar-refractivity contribution in [1.82, 2.24) is 10.2 Å². The summed E-state index contributed by atoms with van der Waals surface area (Å²) >= 11 is 0. The lowest BCUT2D eigenvalue weighted by Gasteiger charge is -2.26. The van der Waals surface area contributed by atoms with E-state index in [1.54, 1.807) is 4.68 Å². The molecule has 1 aromatic heterocycles. The standard InChI is InChI=1S/C27H29F5N6O3/c1-37(2)14-16-7-9-20(10-8-16)38-15-23(41-36-38)35-26(40)34-19-12-17(27(30,31)32)11-18(13-19)33-25(39)24(29)21-5-3-4-6-22(21)28/h3-6,11-13,15-16,20,24H,7-10,14H2,1-2H3,(H2-,33,34,35,36,39,40)/p+1/t16?,20?,24-/m1/s1. The highest BCUT2D eigenvalue weighted by Crippen LogP contribution is 2.34. The van der Waals surface area contributed by atoms with Gasteiger partial charge < -0.3 is 15.5 Å². The molecule has 0 spiro atoms. The van der Waals surface area contributed by atoms with Crippen molar-refractivity contribution in [2.24, 2.45) is 5.92 Å². The van der Waals surface area contributed by atoms with Crippen molar-refractivity contribution in [2.75, 3.05) is 36.6 Å². The van der Waals surface area contributed by atoms with Crippen LogP contribution in [0.1, 0.15) is 49.0 Å². The fraction of sp³-hybridized carbons (Fsp3) is 0.407. The SMILES string of the molecule is CN(C)CC1CCC([n+]2cc(NC(=O)Nc3cc(NC(=O)[C@H](F)c4ccccc4F)cc(C(F)(F)F)c3)on2)CC1. The van der Waals surface area contributed by atoms with Crippen molar-refractivity contribution in [2.45, 2.75) is 44.1 Å². The number of benzene rings is 2. The number of nitrogens with one attached hydrogen (secondary N) is 3. The van der Waals surface area contributed by atoms with Gasteiger partial charge in [0.1, 0.15) is 5.82 Å². The third kappa shape index (κ3) is 7.99. The van der Waals surface area contributed by atoms with Gasteiger partial charge in [0.25, 0.3) is 12.1 Å². The summed E-state index contributed by atoms with van der Waals surface area (Å²) in [5, 5.41) is 10.6. The fourth-order valence-electron chi connectivity index (χ4n) is 4.83. The van der Waals surface area contributed by atoms with Crippen molar-refractivity contribution in [1.29, 1.82) is 0 Å². The lowest BCUT2D eigenvalue weighted by atomic mass is 9.86. The van der Waals surface area contributed by atoms with Crippen molar-refractivity contribution < 1.29 is 40.7 Å². The van der Waals surface area contributed by atoms with Gasteiger partial charge in [-0.3, -0.25) is 14.6 Å².